The Morgan fingerprint density at radius 1 is 1.42 bits per heavy atom. The number of rotatable bonds is 6. The van der Waals surface area contributed by atoms with Crippen LogP contribution in [0.4, 0.5) is 0 Å². The highest BCUT2D eigenvalue weighted by atomic mass is 16.5. The third kappa shape index (κ3) is 4.04. The van der Waals surface area contributed by atoms with Crippen molar-refractivity contribution >= 4 is 0 Å². The Morgan fingerprint density at radius 3 is 3.00 bits per heavy atom. The number of nitrogens with one attached hydrogen (secondary N) is 1. The Morgan fingerprint density at radius 2 is 2.33 bits per heavy atom. The van der Waals surface area contributed by atoms with Crippen molar-refractivity contribution < 1.29 is 9.47 Å². The summed E-state index contributed by atoms with van der Waals surface area (Å²) in [6.45, 7) is 6.63. The van der Waals surface area contributed by atoms with Crippen molar-refractivity contribution in [1.29, 1.82) is 0 Å². The van der Waals surface area contributed by atoms with E-state index in [0.29, 0.717) is 6.10 Å². The fourth-order valence-corrected chi connectivity index (χ4v) is 1.33. The van der Waals surface area contributed by atoms with Crippen LogP contribution in [-0.4, -0.2) is 39.0 Å². The van der Waals surface area contributed by atoms with Crippen molar-refractivity contribution in [3.63, 3.8) is 0 Å². The van der Waals surface area contributed by atoms with E-state index in [0.717, 1.165) is 45.8 Å². The molecule has 1 N–H and O–H groups in total. The molecule has 0 aliphatic carbocycles. The molecule has 0 bridgehead atoms. The summed E-state index contributed by atoms with van der Waals surface area (Å²) in [6.07, 6.45) is 2.63. The molecule has 0 aromatic rings. The summed E-state index contributed by atoms with van der Waals surface area (Å²) in [7, 11) is 0. The lowest BCUT2D eigenvalue weighted by atomic mass is 10.3. The first-order valence-corrected chi connectivity index (χ1v) is 4.83. The second-order valence-electron chi connectivity index (χ2n) is 3.04. The topological polar surface area (TPSA) is 30.5 Å². The van der Waals surface area contributed by atoms with Crippen LogP contribution in [0.15, 0.2) is 0 Å². The van der Waals surface area contributed by atoms with E-state index in [1.165, 1.54) is 0 Å². The highest BCUT2D eigenvalue weighted by molar-refractivity contribution is 4.70. The van der Waals surface area contributed by atoms with Gasteiger partial charge in [-0.1, -0.05) is 0 Å². The van der Waals surface area contributed by atoms with E-state index >= 15 is 0 Å². The SMILES string of the molecule is CCOCCCOC1CCNC1. The molecule has 72 valence electrons. The van der Waals surface area contributed by atoms with Crippen LogP contribution in [0, 0.1) is 0 Å². The lowest BCUT2D eigenvalue weighted by molar-refractivity contribution is 0.0454. The lowest BCUT2D eigenvalue weighted by Gasteiger charge is -2.09. The second-order valence-corrected chi connectivity index (χ2v) is 3.04. The molecule has 0 aromatic carbocycles. The van der Waals surface area contributed by atoms with Crippen LogP contribution in [0.25, 0.3) is 0 Å². The van der Waals surface area contributed by atoms with Crippen LogP contribution in [-0.2, 0) is 9.47 Å². The van der Waals surface area contributed by atoms with Crippen molar-refractivity contribution in [1.82, 2.24) is 5.32 Å². The molecule has 1 fully saturated rings. The van der Waals surface area contributed by atoms with Crippen molar-refractivity contribution in [2.75, 3.05) is 32.9 Å². The largest absolute Gasteiger partial charge is 0.382 e. The minimum Gasteiger partial charge on any atom is -0.382 e. The average molecular weight is 173 g/mol. The molecule has 0 spiro atoms. The first kappa shape index (κ1) is 9.96. The average Bonchev–Trinajstić information content (AvgIpc) is 2.57. The smallest absolute Gasteiger partial charge is 0.0711 e. The summed E-state index contributed by atoms with van der Waals surface area (Å²) in [5.74, 6) is 0. The van der Waals surface area contributed by atoms with Crippen LogP contribution in [0.1, 0.15) is 19.8 Å². The van der Waals surface area contributed by atoms with Gasteiger partial charge in [0.1, 0.15) is 0 Å². The number of hydrogen-bond donors (Lipinski definition) is 1. The number of hydrogen-bond acceptors (Lipinski definition) is 3. The van der Waals surface area contributed by atoms with Crippen LogP contribution >= 0.6 is 0 Å². The van der Waals surface area contributed by atoms with Gasteiger partial charge in [-0.2, -0.15) is 0 Å². The highest BCUT2D eigenvalue weighted by Gasteiger charge is 2.13. The normalized spacial score (nSPS) is 23.2. The molecule has 3 heteroatoms. The summed E-state index contributed by atoms with van der Waals surface area (Å²) >= 11 is 0. The molecular weight excluding hydrogens is 154 g/mol. The van der Waals surface area contributed by atoms with Gasteiger partial charge in [-0.15, -0.1) is 0 Å². The minimum absolute atomic E-state index is 0.451. The second kappa shape index (κ2) is 6.40. The van der Waals surface area contributed by atoms with Gasteiger partial charge in [-0.25, -0.2) is 0 Å². The zero-order chi connectivity index (χ0) is 8.65. The summed E-state index contributed by atoms with van der Waals surface area (Å²) in [4.78, 5) is 0. The van der Waals surface area contributed by atoms with E-state index in [1.54, 1.807) is 0 Å². The van der Waals surface area contributed by atoms with E-state index in [1.807, 2.05) is 6.92 Å². The molecule has 0 amide bonds. The highest BCUT2D eigenvalue weighted by Crippen LogP contribution is 2.03. The standard InChI is InChI=1S/C9H19NO2/c1-2-11-6-3-7-12-9-4-5-10-8-9/h9-10H,2-8H2,1H3. The molecule has 1 rings (SSSR count). The molecular formula is C9H19NO2. The molecule has 0 saturated carbocycles. The molecule has 1 aliphatic rings. The van der Waals surface area contributed by atoms with E-state index in [-0.39, 0.29) is 0 Å². The molecule has 1 aliphatic heterocycles. The van der Waals surface area contributed by atoms with Crippen molar-refractivity contribution in [2.24, 2.45) is 0 Å². The summed E-state index contributed by atoms with van der Waals surface area (Å²) in [5, 5.41) is 3.27. The van der Waals surface area contributed by atoms with E-state index in [2.05, 4.69) is 5.32 Å². The van der Waals surface area contributed by atoms with Gasteiger partial charge in [0, 0.05) is 26.4 Å². The zero-order valence-electron chi connectivity index (χ0n) is 7.84. The van der Waals surface area contributed by atoms with Crippen LogP contribution < -0.4 is 5.32 Å². The van der Waals surface area contributed by atoms with Crippen molar-refractivity contribution in [2.45, 2.75) is 25.9 Å². The molecule has 1 heterocycles. The lowest BCUT2D eigenvalue weighted by Crippen LogP contribution is -2.17. The fourth-order valence-electron chi connectivity index (χ4n) is 1.33. The van der Waals surface area contributed by atoms with Gasteiger partial charge in [-0.3, -0.25) is 0 Å². The molecule has 3 nitrogen and oxygen atoms in total. The maximum absolute atomic E-state index is 5.61. The molecule has 1 unspecified atom stereocenters. The van der Waals surface area contributed by atoms with Gasteiger partial charge in [0.25, 0.3) is 0 Å². The van der Waals surface area contributed by atoms with E-state index in [9.17, 15) is 0 Å². The maximum Gasteiger partial charge on any atom is 0.0711 e. The monoisotopic (exact) mass is 173 g/mol. The molecule has 12 heavy (non-hydrogen) atoms. The summed E-state index contributed by atoms with van der Waals surface area (Å²) < 4.78 is 10.8. The zero-order valence-corrected chi connectivity index (χ0v) is 7.84. The van der Waals surface area contributed by atoms with Crippen molar-refractivity contribution in [3.8, 4) is 0 Å². The molecule has 1 atom stereocenters. The van der Waals surface area contributed by atoms with E-state index in [4.69, 9.17) is 9.47 Å². The van der Waals surface area contributed by atoms with E-state index < -0.39 is 0 Å². The quantitative estimate of drug-likeness (QED) is 0.602. The van der Waals surface area contributed by atoms with Gasteiger partial charge in [0.15, 0.2) is 0 Å². The Kier molecular flexibility index (Phi) is 5.32. The van der Waals surface area contributed by atoms with Gasteiger partial charge in [-0.05, 0) is 26.3 Å². The Bertz CT molecular complexity index is 103. The molecule has 0 radical (unpaired) electrons. The Hall–Kier alpha value is -0.120. The first-order chi connectivity index (χ1) is 5.93. The Balaban J connectivity index is 1.81. The summed E-state index contributed by atoms with van der Waals surface area (Å²) in [5.41, 5.74) is 0. The van der Waals surface area contributed by atoms with Gasteiger partial charge in [0.2, 0.25) is 0 Å². The fraction of sp³-hybridized carbons (Fsp3) is 1.00. The van der Waals surface area contributed by atoms with Crippen LogP contribution in [0.5, 0.6) is 0 Å². The maximum atomic E-state index is 5.61. The van der Waals surface area contributed by atoms with Gasteiger partial charge < -0.3 is 14.8 Å². The van der Waals surface area contributed by atoms with Gasteiger partial charge >= 0.3 is 0 Å². The summed E-state index contributed by atoms with van der Waals surface area (Å²) in [6, 6.07) is 0. The predicted octanol–water partition coefficient (Wildman–Crippen LogP) is 0.792. The Labute approximate surface area is 74.4 Å². The third-order valence-electron chi connectivity index (χ3n) is 2.01. The predicted molar refractivity (Wildman–Crippen MR) is 48.3 cm³/mol. The van der Waals surface area contributed by atoms with Crippen molar-refractivity contribution in [3.05, 3.63) is 0 Å². The number of ether oxygens (including phenoxy) is 2. The first-order valence-electron chi connectivity index (χ1n) is 4.83. The van der Waals surface area contributed by atoms with Gasteiger partial charge in [0.05, 0.1) is 6.10 Å². The van der Waals surface area contributed by atoms with Crippen LogP contribution in [0.3, 0.4) is 0 Å². The molecule has 0 aromatic heterocycles. The minimum atomic E-state index is 0.451. The third-order valence-corrected chi connectivity index (χ3v) is 2.01. The molecule has 1 saturated heterocycles. The van der Waals surface area contributed by atoms with Crippen LogP contribution in [0.2, 0.25) is 0 Å².